The van der Waals surface area contributed by atoms with Crippen LogP contribution in [0.25, 0.3) is 0 Å². The highest BCUT2D eigenvalue weighted by atomic mass is 16.5. The lowest BCUT2D eigenvalue weighted by atomic mass is 9.93. The van der Waals surface area contributed by atoms with E-state index in [4.69, 9.17) is 4.74 Å². The van der Waals surface area contributed by atoms with E-state index in [1.165, 1.54) is 18.4 Å². The lowest BCUT2D eigenvalue weighted by Crippen LogP contribution is -2.23. The Morgan fingerprint density at radius 1 is 1.05 bits per heavy atom. The fraction of sp³-hybridized carbons (Fsp3) is 0.444. The van der Waals surface area contributed by atoms with Gasteiger partial charge in [0.15, 0.2) is 5.82 Å². The van der Waals surface area contributed by atoms with Crippen LogP contribution >= 0.6 is 0 Å². The highest BCUT2D eigenvalue weighted by Crippen LogP contribution is 2.28. The van der Waals surface area contributed by atoms with Crippen LogP contribution in [0, 0.1) is 5.92 Å². The summed E-state index contributed by atoms with van der Waals surface area (Å²) in [4.78, 5) is 2.32. The molecule has 4 heteroatoms. The first-order chi connectivity index (χ1) is 10.9. The largest absolute Gasteiger partial charge is 0.493 e. The Balaban J connectivity index is 1.41. The van der Waals surface area contributed by atoms with Crippen molar-refractivity contribution >= 4 is 5.82 Å². The van der Waals surface area contributed by atoms with Gasteiger partial charge in [-0.15, -0.1) is 5.10 Å². The van der Waals surface area contributed by atoms with Gasteiger partial charge in [-0.3, -0.25) is 0 Å². The summed E-state index contributed by atoms with van der Waals surface area (Å²) in [5.41, 5.74) is 2.37. The lowest BCUT2D eigenvalue weighted by molar-refractivity contribution is 0.220. The second-order valence-electron chi connectivity index (χ2n) is 6.27. The highest BCUT2D eigenvalue weighted by molar-refractivity contribution is 5.38. The summed E-state index contributed by atoms with van der Waals surface area (Å²) in [6, 6.07) is 12.6. The molecule has 114 valence electrons. The number of fused-ring (bicyclic) bond motifs is 1. The van der Waals surface area contributed by atoms with E-state index >= 15 is 0 Å². The van der Waals surface area contributed by atoms with Crippen LogP contribution in [0.2, 0.25) is 0 Å². The maximum Gasteiger partial charge on any atom is 0.151 e. The van der Waals surface area contributed by atoms with Crippen molar-refractivity contribution in [2.24, 2.45) is 5.92 Å². The number of para-hydroxylation sites is 1. The van der Waals surface area contributed by atoms with Crippen LogP contribution in [0.5, 0.6) is 5.75 Å². The van der Waals surface area contributed by atoms with E-state index in [-0.39, 0.29) is 0 Å². The first-order valence-electron chi connectivity index (χ1n) is 8.17. The number of hydrogen-bond donors (Lipinski definition) is 0. The second-order valence-corrected chi connectivity index (χ2v) is 6.27. The van der Waals surface area contributed by atoms with Crippen molar-refractivity contribution in [2.45, 2.75) is 25.7 Å². The minimum Gasteiger partial charge on any atom is -0.493 e. The molecule has 0 N–H and O–H groups in total. The van der Waals surface area contributed by atoms with E-state index in [9.17, 15) is 0 Å². The topological polar surface area (TPSA) is 38.2 Å². The van der Waals surface area contributed by atoms with Crippen molar-refractivity contribution in [3.63, 3.8) is 0 Å². The smallest absolute Gasteiger partial charge is 0.151 e. The highest BCUT2D eigenvalue weighted by Gasteiger charge is 2.21. The van der Waals surface area contributed by atoms with Crippen LogP contribution in [0.15, 0.2) is 36.4 Å². The number of benzene rings is 1. The molecule has 1 unspecified atom stereocenters. The van der Waals surface area contributed by atoms with Crippen LogP contribution in [-0.4, -0.2) is 29.9 Å². The third-order valence-corrected chi connectivity index (χ3v) is 4.59. The maximum absolute atomic E-state index is 5.86. The number of nitrogens with zero attached hydrogens (tertiary/aromatic N) is 3. The Hall–Kier alpha value is -2.10. The maximum atomic E-state index is 5.86. The monoisotopic (exact) mass is 295 g/mol. The molecule has 0 saturated carbocycles. The Labute approximate surface area is 131 Å². The summed E-state index contributed by atoms with van der Waals surface area (Å²) in [7, 11) is 0. The molecule has 4 rings (SSSR count). The fourth-order valence-corrected chi connectivity index (χ4v) is 3.39. The zero-order valence-corrected chi connectivity index (χ0v) is 12.7. The van der Waals surface area contributed by atoms with E-state index < -0.39 is 0 Å². The summed E-state index contributed by atoms with van der Waals surface area (Å²) in [6.45, 7) is 3.00. The molecule has 2 aromatic rings. The van der Waals surface area contributed by atoms with Crippen LogP contribution in [-0.2, 0) is 12.8 Å². The summed E-state index contributed by atoms with van der Waals surface area (Å²) < 4.78 is 5.86. The Morgan fingerprint density at radius 3 is 2.73 bits per heavy atom. The van der Waals surface area contributed by atoms with Gasteiger partial charge in [0.2, 0.25) is 0 Å². The molecule has 0 spiro atoms. The molecule has 1 aromatic carbocycles. The Bertz CT molecular complexity index is 635. The second kappa shape index (κ2) is 5.95. The molecule has 2 aliphatic heterocycles. The number of ether oxygens (including phenoxy) is 1. The van der Waals surface area contributed by atoms with Crippen LogP contribution in [0.3, 0.4) is 0 Å². The summed E-state index contributed by atoms with van der Waals surface area (Å²) in [5.74, 6) is 2.54. The molecule has 4 nitrogen and oxygen atoms in total. The number of aromatic nitrogens is 2. The van der Waals surface area contributed by atoms with Crippen molar-refractivity contribution in [3.8, 4) is 5.75 Å². The molecular formula is C18H21N3O. The summed E-state index contributed by atoms with van der Waals surface area (Å²) in [5, 5.41) is 8.83. The molecule has 1 saturated heterocycles. The number of hydrogen-bond acceptors (Lipinski definition) is 4. The molecule has 3 heterocycles. The van der Waals surface area contributed by atoms with E-state index in [1.807, 2.05) is 6.07 Å². The van der Waals surface area contributed by atoms with E-state index in [0.29, 0.717) is 5.92 Å². The molecule has 1 fully saturated rings. The van der Waals surface area contributed by atoms with Gasteiger partial charge in [0, 0.05) is 19.0 Å². The van der Waals surface area contributed by atoms with Crippen molar-refractivity contribution in [2.75, 3.05) is 24.6 Å². The summed E-state index contributed by atoms with van der Waals surface area (Å²) in [6.07, 6.45) is 4.53. The van der Waals surface area contributed by atoms with Gasteiger partial charge >= 0.3 is 0 Å². The molecule has 0 amide bonds. The molecule has 22 heavy (non-hydrogen) atoms. The molecule has 0 aliphatic carbocycles. The predicted molar refractivity (Wildman–Crippen MR) is 86.3 cm³/mol. The van der Waals surface area contributed by atoms with Gasteiger partial charge in [-0.1, -0.05) is 18.2 Å². The average molecular weight is 295 g/mol. The third-order valence-electron chi connectivity index (χ3n) is 4.59. The SMILES string of the molecule is c1ccc2c(c1)CC(Cc1ccc(N3CCCC3)nn1)CO2. The zero-order chi connectivity index (χ0) is 14.8. The van der Waals surface area contributed by atoms with E-state index in [0.717, 1.165) is 49.8 Å². The van der Waals surface area contributed by atoms with Gasteiger partial charge in [-0.2, -0.15) is 5.10 Å². The Kier molecular flexibility index (Phi) is 3.67. The zero-order valence-electron chi connectivity index (χ0n) is 12.7. The van der Waals surface area contributed by atoms with Gasteiger partial charge in [-0.05, 0) is 49.4 Å². The minimum absolute atomic E-state index is 0.488. The van der Waals surface area contributed by atoms with Gasteiger partial charge in [0.1, 0.15) is 5.75 Å². The standard InChI is InChI=1S/C18H21N3O/c1-2-6-17-15(5-1)11-14(13-22-17)12-16-7-8-18(20-19-16)21-9-3-4-10-21/h1-2,5-8,14H,3-4,9-13H2. The number of rotatable bonds is 3. The molecule has 0 radical (unpaired) electrons. The van der Waals surface area contributed by atoms with Gasteiger partial charge in [-0.25, -0.2) is 0 Å². The van der Waals surface area contributed by atoms with Crippen molar-refractivity contribution in [1.29, 1.82) is 0 Å². The van der Waals surface area contributed by atoms with Gasteiger partial charge in [0.25, 0.3) is 0 Å². The Morgan fingerprint density at radius 2 is 1.91 bits per heavy atom. The van der Waals surface area contributed by atoms with Gasteiger partial charge in [0.05, 0.1) is 12.3 Å². The molecule has 1 atom stereocenters. The molecule has 0 bridgehead atoms. The molecule has 1 aromatic heterocycles. The van der Waals surface area contributed by atoms with Crippen molar-refractivity contribution in [1.82, 2.24) is 10.2 Å². The molecular weight excluding hydrogens is 274 g/mol. The third kappa shape index (κ3) is 2.78. The van der Waals surface area contributed by atoms with Crippen LogP contribution in [0.4, 0.5) is 5.82 Å². The average Bonchev–Trinajstić information content (AvgIpc) is 3.10. The predicted octanol–water partition coefficient (Wildman–Crippen LogP) is 2.87. The minimum atomic E-state index is 0.488. The summed E-state index contributed by atoms with van der Waals surface area (Å²) >= 11 is 0. The normalized spacial score (nSPS) is 20.5. The fourth-order valence-electron chi connectivity index (χ4n) is 3.39. The lowest BCUT2D eigenvalue weighted by Gasteiger charge is -2.25. The molecule has 2 aliphatic rings. The first kappa shape index (κ1) is 13.6. The van der Waals surface area contributed by atoms with Gasteiger partial charge < -0.3 is 9.64 Å². The van der Waals surface area contributed by atoms with Crippen LogP contribution in [0.1, 0.15) is 24.1 Å². The van der Waals surface area contributed by atoms with Crippen molar-refractivity contribution in [3.05, 3.63) is 47.7 Å². The quantitative estimate of drug-likeness (QED) is 0.873. The van der Waals surface area contributed by atoms with E-state index in [1.54, 1.807) is 0 Å². The first-order valence-corrected chi connectivity index (χ1v) is 8.17. The van der Waals surface area contributed by atoms with E-state index in [2.05, 4.69) is 45.4 Å². The number of anilines is 1. The van der Waals surface area contributed by atoms with Crippen LogP contribution < -0.4 is 9.64 Å². The van der Waals surface area contributed by atoms with Crippen molar-refractivity contribution < 1.29 is 4.74 Å².